The van der Waals surface area contributed by atoms with Crippen LogP contribution in [-0.4, -0.2) is 37.0 Å². The minimum Gasteiger partial charge on any atom is -0.399 e. The van der Waals surface area contributed by atoms with Crippen LogP contribution in [0.2, 0.25) is 5.02 Å². The van der Waals surface area contributed by atoms with Gasteiger partial charge in [0, 0.05) is 29.4 Å². The van der Waals surface area contributed by atoms with Gasteiger partial charge in [-0.1, -0.05) is 24.4 Å². The van der Waals surface area contributed by atoms with Crippen molar-refractivity contribution in [3.8, 4) is 0 Å². The van der Waals surface area contributed by atoms with Gasteiger partial charge in [-0.05, 0) is 44.1 Å². The molecule has 20 heavy (non-hydrogen) atoms. The number of rotatable bonds is 4. The van der Waals surface area contributed by atoms with E-state index in [-0.39, 0.29) is 5.91 Å². The van der Waals surface area contributed by atoms with Crippen molar-refractivity contribution in [1.29, 1.82) is 0 Å². The monoisotopic (exact) mass is 295 g/mol. The molecule has 1 aromatic rings. The lowest BCUT2D eigenvalue weighted by molar-refractivity contribution is 0.0948. The quantitative estimate of drug-likeness (QED) is 0.839. The number of hydrogen-bond donors (Lipinski definition) is 2. The lowest BCUT2D eigenvalue weighted by atomic mass is 10.2. The molecule has 0 unspecified atom stereocenters. The fourth-order valence-electron chi connectivity index (χ4n) is 2.53. The van der Waals surface area contributed by atoms with E-state index in [1.165, 1.54) is 25.7 Å². The van der Waals surface area contributed by atoms with E-state index in [9.17, 15) is 4.79 Å². The number of anilines is 1. The number of nitrogens with zero attached hydrogens (tertiary/aromatic N) is 1. The van der Waals surface area contributed by atoms with E-state index in [4.69, 9.17) is 17.3 Å². The van der Waals surface area contributed by atoms with Gasteiger partial charge in [0.15, 0.2) is 0 Å². The van der Waals surface area contributed by atoms with Gasteiger partial charge in [-0.15, -0.1) is 0 Å². The average molecular weight is 296 g/mol. The Bertz CT molecular complexity index is 436. The second kappa shape index (κ2) is 7.50. The van der Waals surface area contributed by atoms with E-state index in [1.54, 1.807) is 18.2 Å². The Labute approximate surface area is 125 Å². The maximum atomic E-state index is 12.0. The molecular weight excluding hydrogens is 274 g/mol. The van der Waals surface area contributed by atoms with Gasteiger partial charge in [-0.25, -0.2) is 0 Å². The standard InChI is InChI=1S/C15H22ClN3O/c16-13-9-12(10-14(17)11-13)15(20)18-5-8-19-6-3-1-2-4-7-19/h9-11H,1-8,17H2,(H,18,20). The van der Waals surface area contributed by atoms with Crippen molar-refractivity contribution >= 4 is 23.2 Å². The Morgan fingerprint density at radius 2 is 1.90 bits per heavy atom. The largest absolute Gasteiger partial charge is 0.399 e. The third-order valence-corrected chi connectivity index (χ3v) is 3.81. The number of nitrogens with two attached hydrogens (primary N) is 1. The van der Waals surface area contributed by atoms with E-state index >= 15 is 0 Å². The number of nitrogen functional groups attached to an aromatic ring is 1. The maximum absolute atomic E-state index is 12.0. The highest BCUT2D eigenvalue weighted by atomic mass is 35.5. The van der Waals surface area contributed by atoms with Crippen molar-refractivity contribution in [1.82, 2.24) is 10.2 Å². The molecule has 5 heteroatoms. The van der Waals surface area contributed by atoms with Crippen molar-refractivity contribution in [3.63, 3.8) is 0 Å². The number of halogens is 1. The van der Waals surface area contributed by atoms with Crippen LogP contribution in [0.4, 0.5) is 5.69 Å². The highest BCUT2D eigenvalue weighted by molar-refractivity contribution is 6.31. The molecule has 1 fully saturated rings. The molecule has 0 atom stereocenters. The predicted octanol–water partition coefficient (Wildman–Crippen LogP) is 2.53. The maximum Gasteiger partial charge on any atom is 0.251 e. The van der Waals surface area contributed by atoms with Crippen molar-refractivity contribution in [2.24, 2.45) is 0 Å². The zero-order chi connectivity index (χ0) is 14.4. The summed E-state index contributed by atoms with van der Waals surface area (Å²) in [5.74, 6) is -0.117. The fraction of sp³-hybridized carbons (Fsp3) is 0.533. The molecule has 1 heterocycles. The smallest absolute Gasteiger partial charge is 0.251 e. The second-order valence-corrected chi connectivity index (χ2v) is 5.72. The highest BCUT2D eigenvalue weighted by Crippen LogP contribution is 2.16. The van der Waals surface area contributed by atoms with Crippen LogP contribution in [0.3, 0.4) is 0 Å². The Morgan fingerprint density at radius 3 is 2.55 bits per heavy atom. The molecule has 0 radical (unpaired) electrons. The van der Waals surface area contributed by atoms with E-state index in [1.807, 2.05) is 0 Å². The van der Waals surface area contributed by atoms with Crippen LogP contribution in [0.5, 0.6) is 0 Å². The Balaban J connectivity index is 1.79. The zero-order valence-electron chi connectivity index (χ0n) is 11.7. The van der Waals surface area contributed by atoms with Crippen molar-refractivity contribution in [2.75, 3.05) is 31.9 Å². The van der Waals surface area contributed by atoms with E-state index in [0.717, 1.165) is 19.6 Å². The summed E-state index contributed by atoms with van der Waals surface area (Å²) in [6, 6.07) is 4.92. The van der Waals surface area contributed by atoms with Crippen LogP contribution in [0.15, 0.2) is 18.2 Å². The minimum absolute atomic E-state index is 0.117. The molecule has 1 amide bonds. The third-order valence-electron chi connectivity index (χ3n) is 3.59. The van der Waals surface area contributed by atoms with Gasteiger partial charge in [-0.3, -0.25) is 4.79 Å². The van der Waals surface area contributed by atoms with Crippen LogP contribution in [0, 0.1) is 0 Å². The van der Waals surface area contributed by atoms with E-state index < -0.39 is 0 Å². The predicted molar refractivity (Wildman–Crippen MR) is 83.1 cm³/mol. The van der Waals surface area contributed by atoms with Crippen molar-refractivity contribution in [2.45, 2.75) is 25.7 Å². The van der Waals surface area contributed by atoms with Gasteiger partial charge in [0.1, 0.15) is 0 Å². The number of carbonyl (C=O) groups is 1. The summed E-state index contributed by atoms with van der Waals surface area (Å²) in [7, 11) is 0. The first-order valence-electron chi connectivity index (χ1n) is 7.22. The molecule has 0 saturated carbocycles. The molecular formula is C15H22ClN3O. The summed E-state index contributed by atoms with van der Waals surface area (Å²) in [5, 5.41) is 3.41. The number of amides is 1. The number of nitrogens with one attached hydrogen (secondary N) is 1. The van der Waals surface area contributed by atoms with Gasteiger partial charge in [0.2, 0.25) is 0 Å². The first kappa shape index (κ1) is 15.1. The number of carbonyl (C=O) groups excluding carboxylic acids is 1. The van der Waals surface area contributed by atoms with Crippen LogP contribution >= 0.6 is 11.6 Å². The fourth-order valence-corrected chi connectivity index (χ4v) is 2.78. The first-order chi connectivity index (χ1) is 9.65. The average Bonchev–Trinajstić information content (AvgIpc) is 2.66. The van der Waals surface area contributed by atoms with E-state index in [2.05, 4.69) is 10.2 Å². The summed E-state index contributed by atoms with van der Waals surface area (Å²) in [4.78, 5) is 14.4. The molecule has 0 aromatic heterocycles. The molecule has 2 rings (SSSR count). The van der Waals surface area contributed by atoms with Crippen molar-refractivity contribution in [3.05, 3.63) is 28.8 Å². The summed E-state index contributed by atoms with van der Waals surface area (Å²) >= 11 is 5.90. The molecule has 0 aliphatic carbocycles. The number of hydrogen-bond acceptors (Lipinski definition) is 3. The first-order valence-corrected chi connectivity index (χ1v) is 7.59. The van der Waals surface area contributed by atoms with Gasteiger partial charge < -0.3 is 16.0 Å². The zero-order valence-corrected chi connectivity index (χ0v) is 12.5. The Hall–Kier alpha value is -1.26. The summed E-state index contributed by atoms with van der Waals surface area (Å²) in [5.41, 5.74) is 6.72. The van der Waals surface area contributed by atoms with E-state index in [0.29, 0.717) is 22.8 Å². The van der Waals surface area contributed by atoms with Gasteiger partial charge in [0.05, 0.1) is 0 Å². The van der Waals surface area contributed by atoms with Gasteiger partial charge >= 0.3 is 0 Å². The van der Waals surface area contributed by atoms with Crippen LogP contribution in [0.1, 0.15) is 36.0 Å². The SMILES string of the molecule is Nc1cc(Cl)cc(C(=O)NCCN2CCCCCC2)c1. The molecule has 1 aromatic carbocycles. The third kappa shape index (κ3) is 4.69. The molecule has 110 valence electrons. The molecule has 0 spiro atoms. The number of benzene rings is 1. The molecule has 1 aliphatic rings. The Kier molecular flexibility index (Phi) is 5.68. The molecule has 3 N–H and O–H groups in total. The lowest BCUT2D eigenvalue weighted by Gasteiger charge is -2.19. The summed E-state index contributed by atoms with van der Waals surface area (Å²) < 4.78 is 0. The second-order valence-electron chi connectivity index (χ2n) is 5.28. The Morgan fingerprint density at radius 1 is 1.20 bits per heavy atom. The minimum atomic E-state index is -0.117. The molecule has 0 bridgehead atoms. The summed E-state index contributed by atoms with van der Waals surface area (Å²) in [6.45, 7) is 3.84. The molecule has 4 nitrogen and oxygen atoms in total. The molecule has 1 aliphatic heterocycles. The van der Waals surface area contributed by atoms with Gasteiger partial charge in [-0.2, -0.15) is 0 Å². The topological polar surface area (TPSA) is 58.4 Å². The van der Waals surface area contributed by atoms with Crippen molar-refractivity contribution < 1.29 is 4.79 Å². The highest BCUT2D eigenvalue weighted by Gasteiger charge is 2.10. The van der Waals surface area contributed by atoms with Gasteiger partial charge in [0.25, 0.3) is 5.91 Å². The number of likely N-dealkylation sites (tertiary alicyclic amines) is 1. The summed E-state index contributed by atoms with van der Waals surface area (Å²) in [6.07, 6.45) is 5.17. The normalized spacial score (nSPS) is 16.6. The van der Waals surface area contributed by atoms with Crippen LogP contribution in [-0.2, 0) is 0 Å². The lowest BCUT2D eigenvalue weighted by Crippen LogP contribution is -2.35. The van der Waals surface area contributed by atoms with Crippen LogP contribution in [0.25, 0.3) is 0 Å². The molecule has 1 saturated heterocycles. The van der Waals surface area contributed by atoms with Crippen LogP contribution < -0.4 is 11.1 Å².